The predicted octanol–water partition coefficient (Wildman–Crippen LogP) is 4.44. The van der Waals surface area contributed by atoms with Crippen LogP contribution in [0.4, 0.5) is 0 Å². The number of halogens is 1. The fourth-order valence-corrected chi connectivity index (χ4v) is 3.13. The van der Waals surface area contributed by atoms with Crippen LogP contribution in [-0.2, 0) is 11.3 Å². The lowest BCUT2D eigenvalue weighted by Gasteiger charge is -2.21. The summed E-state index contributed by atoms with van der Waals surface area (Å²) in [4.78, 5) is 18.6. The molecule has 2 aromatic carbocycles. The zero-order chi connectivity index (χ0) is 21.8. The van der Waals surface area contributed by atoms with Crippen LogP contribution >= 0.6 is 11.6 Å². The number of ether oxygens (including phenoxy) is 2. The van der Waals surface area contributed by atoms with Gasteiger partial charge >= 0.3 is 0 Å². The first-order chi connectivity index (χ1) is 14.3. The number of likely N-dealkylation sites (N-methyl/N-ethyl adjacent to an activating group) is 1. The molecule has 0 fully saturated rings. The van der Waals surface area contributed by atoms with Crippen molar-refractivity contribution >= 4 is 17.5 Å². The van der Waals surface area contributed by atoms with Gasteiger partial charge in [0.1, 0.15) is 11.5 Å². The maximum atomic E-state index is 12.7. The van der Waals surface area contributed by atoms with E-state index >= 15 is 0 Å². The summed E-state index contributed by atoms with van der Waals surface area (Å²) in [5, 5.41) is 4.69. The smallest absolute Gasteiger partial charge is 0.263 e. The second-order valence-corrected chi connectivity index (χ2v) is 7.45. The van der Waals surface area contributed by atoms with Gasteiger partial charge in [0.25, 0.3) is 5.91 Å². The van der Waals surface area contributed by atoms with E-state index in [1.54, 1.807) is 21.1 Å². The molecule has 0 N–H and O–H groups in total. The van der Waals surface area contributed by atoms with Gasteiger partial charge in [-0.05, 0) is 56.2 Å². The molecule has 0 saturated heterocycles. The largest absolute Gasteiger partial charge is 0.497 e. The number of methoxy groups -OCH3 is 1. The molecule has 0 saturated carbocycles. The Bertz CT molecular complexity index is 1030. The third-order valence-corrected chi connectivity index (χ3v) is 5.21. The number of rotatable bonds is 7. The Kier molecular flexibility index (Phi) is 6.62. The first kappa shape index (κ1) is 21.6. The molecule has 1 aromatic heterocycles. The molecule has 0 aliphatic rings. The van der Waals surface area contributed by atoms with E-state index in [-0.39, 0.29) is 12.5 Å². The molecule has 3 aromatic rings. The summed E-state index contributed by atoms with van der Waals surface area (Å²) in [6.45, 7) is 5.67. The van der Waals surface area contributed by atoms with E-state index in [0.717, 1.165) is 16.7 Å². The van der Waals surface area contributed by atoms with E-state index < -0.39 is 6.10 Å². The minimum atomic E-state index is -0.684. The molecular formula is C22H24ClN3O4. The molecule has 1 atom stereocenters. The third kappa shape index (κ3) is 4.91. The highest BCUT2D eigenvalue weighted by molar-refractivity contribution is 6.32. The summed E-state index contributed by atoms with van der Waals surface area (Å²) < 4.78 is 16.3. The van der Waals surface area contributed by atoms with Gasteiger partial charge in [-0.3, -0.25) is 4.79 Å². The lowest BCUT2D eigenvalue weighted by Crippen LogP contribution is -2.37. The van der Waals surface area contributed by atoms with Gasteiger partial charge in [-0.15, -0.1) is 0 Å². The molecule has 158 valence electrons. The van der Waals surface area contributed by atoms with Gasteiger partial charge in [-0.1, -0.05) is 28.9 Å². The average Bonchev–Trinajstić information content (AvgIpc) is 3.19. The second-order valence-electron chi connectivity index (χ2n) is 7.07. The molecule has 0 aliphatic carbocycles. The molecule has 8 heteroatoms. The SMILES string of the molecule is COc1cccc(-c2noc(CN(C)C(=O)[C@@H](C)Oc3cc(C)c(Cl)c(C)c3)n2)c1. The van der Waals surface area contributed by atoms with Crippen LogP contribution in [0.25, 0.3) is 11.4 Å². The summed E-state index contributed by atoms with van der Waals surface area (Å²) >= 11 is 6.19. The van der Waals surface area contributed by atoms with E-state index in [1.807, 2.05) is 50.2 Å². The Hall–Kier alpha value is -3.06. The van der Waals surface area contributed by atoms with Crippen molar-refractivity contribution in [2.24, 2.45) is 0 Å². The van der Waals surface area contributed by atoms with Crippen molar-refractivity contribution in [2.75, 3.05) is 14.2 Å². The molecule has 0 radical (unpaired) electrons. The second kappa shape index (κ2) is 9.17. The summed E-state index contributed by atoms with van der Waals surface area (Å²) in [5.41, 5.74) is 2.56. The quantitative estimate of drug-likeness (QED) is 0.552. The molecule has 7 nitrogen and oxygen atoms in total. The number of hydrogen-bond donors (Lipinski definition) is 0. The van der Waals surface area contributed by atoms with Gasteiger partial charge < -0.3 is 18.9 Å². The highest BCUT2D eigenvalue weighted by atomic mass is 35.5. The van der Waals surface area contributed by atoms with Crippen LogP contribution in [0.3, 0.4) is 0 Å². The van der Waals surface area contributed by atoms with Crippen LogP contribution < -0.4 is 9.47 Å². The predicted molar refractivity (Wildman–Crippen MR) is 114 cm³/mol. The topological polar surface area (TPSA) is 77.7 Å². The van der Waals surface area contributed by atoms with Crippen molar-refractivity contribution in [3.05, 3.63) is 58.4 Å². The molecule has 1 heterocycles. The number of benzene rings is 2. The van der Waals surface area contributed by atoms with Crippen molar-refractivity contribution in [3.8, 4) is 22.9 Å². The number of aryl methyl sites for hydroxylation is 2. The highest BCUT2D eigenvalue weighted by Gasteiger charge is 2.22. The van der Waals surface area contributed by atoms with E-state index in [2.05, 4.69) is 10.1 Å². The van der Waals surface area contributed by atoms with E-state index in [9.17, 15) is 4.79 Å². The van der Waals surface area contributed by atoms with Crippen LogP contribution in [0, 0.1) is 13.8 Å². The Balaban J connectivity index is 1.64. The lowest BCUT2D eigenvalue weighted by molar-refractivity contribution is -0.137. The summed E-state index contributed by atoms with van der Waals surface area (Å²) in [5.74, 6) is 1.85. The van der Waals surface area contributed by atoms with Crippen molar-refractivity contribution in [2.45, 2.75) is 33.4 Å². The van der Waals surface area contributed by atoms with Gasteiger partial charge in [-0.25, -0.2) is 0 Å². The third-order valence-electron chi connectivity index (χ3n) is 4.62. The Morgan fingerprint density at radius 3 is 2.57 bits per heavy atom. The van der Waals surface area contributed by atoms with Gasteiger partial charge in [-0.2, -0.15) is 4.98 Å². The number of carbonyl (C=O) groups excluding carboxylic acids is 1. The maximum absolute atomic E-state index is 12.7. The van der Waals surface area contributed by atoms with Crippen LogP contribution in [-0.4, -0.2) is 41.2 Å². The van der Waals surface area contributed by atoms with Crippen molar-refractivity contribution < 1.29 is 18.8 Å². The molecule has 0 spiro atoms. The number of hydrogen-bond acceptors (Lipinski definition) is 6. The molecule has 0 bridgehead atoms. The molecule has 0 unspecified atom stereocenters. The molecule has 30 heavy (non-hydrogen) atoms. The lowest BCUT2D eigenvalue weighted by atomic mass is 10.1. The van der Waals surface area contributed by atoms with Gasteiger partial charge in [0.05, 0.1) is 13.7 Å². The number of carbonyl (C=O) groups is 1. The monoisotopic (exact) mass is 429 g/mol. The zero-order valence-corrected chi connectivity index (χ0v) is 18.4. The van der Waals surface area contributed by atoms with E-state index in [0.29, 0.717) is 28.2 Å². The zero-order valence-electron chi connectivity index (χ0n) is 17.6. The number of aromatic nitrogens is 2. The van der Waals surface area contributed by atoms with E-state index in [1.165, 1.54) is 4.90 Å². The Morgan fingerprint density at radius 1 is 1.20 bits per heavy atom. The summed E-state index contributed by atoms with van der Waals surface area (Å²) in [7, 11) is 3.26. The highest BCUT2D eigenvalue weighted by Crippen LogP contribution is 2.27. The Morgan fingerprint density at radius 2 is 1.90 bits per heavy atom. The van der Waals surface area contributed by atoms with Crippen LogP contribution in [0.15, 0.2) is 40.9 Å². The summed E-state index contributed by atoms with van der Waals surface area (Å²) in [6, 6.07) is 11.0. The van der Waals surface area contributed by atoms with E-state index in [4.69, 9.17) is 25.6 Å². The van der Waals surface area contributed by atoms with Crippen molar-refractivity contribution in [1.82, 2.24) is 15.0 Å². The normalized spacial score (nSPS) is 11.8. The van der Waals surface area contributed by atoms with Crippen LogP contribution in [0.2, 0.25) is 5.02 Å². The Labute approximate surface area is 180 Å². The fraction of sp³-hybridized carbons (Fsp3) is 0.318. The minimum Gasteiger partial charge on any atom is -0.497 e. The van der Waals surface area contributed by atoms with Gasteiger partial charge in [0.15, 0.2) is 6.10 Å². The molecule has 0 aliphatic heterocycles. The first-order valence-electron chi connectivity index (χ1n) is 9.44. The standard InChI is InChI=1S/C22H24ClN3O4/c1-13-9-18(10-14(2)20(13)23)29-15(3)22(27)26(4)12-19-24-21(25-30-19)16-7-6-8-17(11-16)28-5/h6-11,15H,12H2,1-5H3/t15-/m1/s1. The summed E-state index contributed by atoms with van der Waals surface area (Å²) in [6.07, 6.45) is -0.684. The number of amides is 1. The molecule has 3 rings (SSSR count). The first-order valence-corrected chi connectivity index (χ1v) is 9.81. The van der Waals surface area contributed by atoms with Gasteiger partial charge in [0.2, 0.25) is 11.7 Å². The maximum Gasteiger partial charge on any atom is 0.263 e. The van der Waals surface area contributed by atoms with Crippen LogP contribution in [0.1, 0.15) is 23.9 Å². The average molecular weight is 430 g/mol. The van der Waals surface area contributed by atoms with Crippen molar-refractivity contribution in [1.29, 1.82) is 0 Å². The molecular weight excluding hydrogens is 406 g/mol. The molecule has 1 amide bonds. The number of nitrogens with zero attached hydrogens (tertiary/aromatic N) is 3. The van der Waals surface area contributed by atoms with Gasteiger partial charge in [0, 0.05) is 17.6 Å². The fourth-order valence-electron chi connectivity index (χ4n) is 3.02. The van der Waals surface area contributed by atoms with Crippen LogP contribution in [0.5, 0.6) is 11.5 Å². The van der Waals surface area contributed by atoms with Crippen molar-refractivity contribution in [3.63, 3.8) is 0 Å². The minimum absolute atomic E-state index is 0.169.